The van der Waals surface area contributed by atoms with Crippen LogP contribution in [0.4, 0.5) is 0 Å². The van der Waals surface area contributed by atoms with Gasteiger partial charge in [0.15, 0.2) is 0 Å². The van der Waals surface area contributed by atoms with Gasteiger partial charge in [-0.15, -0.1) is 11.3 Å². The molecular weight excluding hydrogens is 180 g/mol. The highest BCUT2D eigenvalue weighted by Crippen LogP contribution is 2.32. The molecule has 13 heavy (non-hydrogen) atoms. The van der Waals surface area contributed by atoms with Crippen LogP contribution in [0.3, 0.4) is 0 Å². The van der Waals surface area contributed by atoms with Crippen molar-refractivity contribution in [1.82, 2.24) is 0 Å². The SMILES string of the molecule is COc1ccc2sc(C)c(C)c2c1. The number of benzene rings is 1. The summed E-state index contributed by atoms with van der Waals surface area (Å²) >= 11 is 1.84. The zero-order chi connectivity index (χ0) is 9.42. The van der Waals surface area contributed by atoms with Gasteiger partial charge in [-0.1, -0.05) is 0 Å². The monoisotopic (exact) mass is 192 g/mol. The predicted octanol–water partition coefficient (Wildman–Crippen LogP) is 3.53. The molecule has 0 aliphatic carbocycles. The van der Waals surface area contributed by atoms with Gasteiger partial charge in [-0.2, -0.15) is 0 Å². The zero-order valence-electron chi connectivity index (χ0n) is 8.05. The van der Waals surface area contributed by atoms with Crippen LogP contribution in [0.2, 0.25) is 0 Å². The van der Waals surface area contributed by atoms with Crippen LogP contribution in [0.15, 0.2) is 18.2 Å². The van der Waals surface area contributed by atoms with Crippen molar-refractivity contribution in [2.45, 2.75) is 13.8 Å². The molecule has 2 rings (SSSR count). The van der Waals surface area contributed by atoms with E-state index >= 15 is 0 Å². The van der Waals surface area contributed by atoms with Crippen molar-refractivity contribution in [3.05, 3.63) is 28.6 Å². The van der Waals surface area contributed by atoms with Gasteiger partial charge in [0.2, 0.25) is 0 Å². The Morgan fingerprint density at radius 2 is 2.00 bits per heavy atom. The van der Waals surface area contributed by atoms with E-state index in [-0.39, 0.29) is 0 Å². The molecule has 0 aliphatic heterocycles. The molecular formula is C11H12OS. The number of methoxy groups -OCH3 is 1. The number of thiophene rings is 1. The quantitative estimate of drug-likeness (QED) is 0.671. The maximum absolute atomic E-state index is 5.19. The average molecular weight is 192 g/mol. The first-order valence-corrected chi connectivity index (χ1v) is 5.08. The van der Waals surface area contributed by atoms with Crippen molar-refractivity contribution in [2.24, 2.45) is 0 Å². The molecule has 2 aromatic rings. The molecule has 2 heteroatoms. The second kappa shape index (κ2) is 3.04. The van der Waals surface area contributed by atoms with Gasteiger partial charge in [0.1, 0.15) is 5.75 Å². The average Bonchev–Trinajstić information content (AvgIpc) is 2.43. The third-order valence-electron chi connectivity index (χ3n) is 2.38. The summed E-state index contributed by atoms with van der Waals surface area (Å²) in [6, 6.07) is 6.24. The van der Waals surface area contributed by atoms with E-state index in [1.807, 2.05) is 17.4 Å². The number of hydrogen-bond acceptors (Lipinski definition) is 2. The topological polar surface area (TPSA) is 9.23 Å². The van der Waals surface area contributed by atoms with Crippen LogP contribution in [-0.2, 0) is 0 Å². The lowest BCUT2D eigenvalue weighted by molar-refractivity contribution is 0.415. The van der Waals surface area contributed by atoms with Gasteiger partial charge in [0.25, 0.3) is 0 Å². The predicted molar refractivity (Wildman–Crippen MR) is 57.9 cm³/mol. The Bertz CT molecular complexity index is 443. The number of hydrogen-bond donors (Lipinski definition) is 0. The Labute approximate surface area is 82.0 Å². The second-order valence-corrected chi connectivity index (χ2v) is 4.40. The number of rotatable bonds is 1. The Balaban J connectivity index is 2.75. The highest BCUT2D eigenvalue weighted by atomic mass is 32.1. The molecule has 0 aliphatic rings. The van der Waals surface area contributed by atoms with Gasteiger partial charge in [-0.25, -0.2) is 0 Å². The van der Waals surface area contributed by atoms with E-state index in [0.717, 1.165) is 5.75 Å². The van der Waals surface area contributed by atoms with Gasteiger partial charge in [0.05, 0.1) is 7.11 Å². The van der Waals surface area contributed by atoms with Gasteiger partial charge < -0.3 is 4.74 Å². The van der Waals surface area contributed by atoms with E-state index in [1.165, 1.54) is 20.5 Å². The first kappa shape index (κ1) is 8.57. The first-order chi connectivity index (χ1) is 6.22. The minimum atomic E-state index is 0.938. The minimum Gasteiger partial charge on any atom is -0.497 e. The fourth-order valence-corrected chi connectivity index (χ4v) is 2.50. The van der Waals surface area contributed by atoms with Crippen LogP contribution in [0.1, 0.15) is 10.4 Å². The summed E-state index contributed by atoms with van der Waals surface area (Å²) < 4.78 is 6.53. The molecule has 0 unspecified atom stereocenters. The van der Waals surface area contributed by atoms with Crippen molar-refractivity contribution in [2.75, 3.05) is 7.11 Å². The van der Waals surface area contributed by atoms with Crippen LogP contribution in [0, 0.1) is 13.8 Å². The van der Waals surface area contributed by atoms with Crippen molar-refractivity contribution in [3.8, 4) is 5.75 Å². The molecule has 68 valence electrons. The number of aryl methyl sites for hydroxylation is 2. The summed E-state index contributed by atoms with van der Waals surface area (Å²) in [6.45, 7) is 4.32. The maximum Gasteiger partial charge on any atom is 0.119 e. The summed E-state index contributed by atoms with van der Waals surface area (Å²) in [7, 11) is 1.70. The number of fused-ring (bicyclic) bond motifs is 1. The molecule has 0 N–H and O–H groups in total. The molecule has 0 radical (unpaired) electrons. The van der Waals surface area contributed by atoms with Crippen molar-refractivity contribution in [3.63, 3.8) is 0 Å². The Hall–Kier alpha value is -1.02. The molecule has 1 aromatic carbocycles. The summed E-state index contributed by atoms with van der Waals surface area (Å²) in [5.41, 5.74) is 1.37. The van der Waals surface area contributed by atoms with E-state index in [1.54, 1.807) is 7.11 Å². The van der Waals surface area contributed by atoms with Crippen LogP contribution in [-0.4, -0.2) is 7.11 Å². The van der Waals surface area contributed by atoms with E-state index < -0.39 is 0 Å². The van der Waals surface area contributed by atoms with Crippen molar-refractivity contribution >= 4 is 21.4 Å². The van der Waals surface area contributed by atoms with E-state index in [9.17, 15) is 0 Å². The third kappa shape index (κ3) is 1.31. The molecule has 1 aromatic heterocycles. The largest absolute Gasteiger partial charge is 0.497 e. The Morgan fingerprint density at radius 3 is 2.69 bits per heavy atom. The van der Waals surface area contributed by atoms with Crippen LogP contribution >= 0.6 is 11.3 Å². The molecule has 0 saturated heterocycles. The highest BCUT2D eigenvalue weighted by Gasteiger charge is 2.05. The number of ether oxygens (including phenoxy) is 1. The molecule has 1 heterocycles. The summed E-state index contributed by atoms with van der Waals surface area (Å²) in [4.78, 5) is 1.39. The van der Waals surface area contributed by atoms with Crippen LogP contribution in [0.25, 0.3) is 10.1 Å². The highest BCUT2D eigenvalue weighted by molar-refractivity contribution is 7.19. The Morgan fingerprint density at radius 1 is 1.23 bits per heavy atom. The van der Waals surface area contributed by atoms with E-state index in [0.29, 0.717) is 0 Å². The molecule has 0 saturated carbocycles. The van der Waals surface area contributed by atoms with Gasteiger partial charge >= 0.3 is 0 Å². The minimum absolute atomic E-state index is 0.938. The molecule has 0 fully saturated rings. The zero-order valence-corrected chi connectivity index (χ0v) is 8.87. The standard InChI is InChI=1S/C11H12OS/c1-7-8(2)13-11-5-4-9(12-3)6-10(7)11/h4-6H,1-3H3. The molecule has 0 spiro atoms. The maximum atomic E-state index is 5.19. The lowest BCUT2D eigenvalue weighted by Crippen LogP contribution is -1.81. The van der Waals surface area contributed by atoms with E-state index in [2.05, 4.69) is 26.0 Å². The summed E-state index contributed by atoms with van der Waals surface area (Å²) in [5, 5.41) is 1.32. The van der Waals surface area contributed by atoms with Gasteiger partial charge in [0, 0.05) is 9.58 Å². The normalized spacial score (nSPS) is 10.7. The van der Waals surface area contributed by atoms with E-state index in [4.69, 9.17) is 4.74 Å². The van der Waals surface area contributed by atoms with Crippen molar-refractivity contribution in [1.29, 1.82) is 0 Å². The molecule has 0 amide bonds. The fourth-order valence-electron chi connectivity index (χ4n) is 1.45. The summed E-state index contributed by atoms with van der Waals surface area (Å²) in [5.74, 6) is 0.938. The molecule has 1 nitrogen and oxygen atoms in total. The second-order valence-electron chi connectivity index (χ2n) is 3.15. The van der Waals surface area contributed by atoms with Crippen molar-refractivity contribution < 1.29 is 4.74 Å². The lowest BCUT2D eigenvalue weighted by atomic mass is 10.1. The molecule has 0 atom stereocenters. The smallest absolute Gasteiger partial charge is 0.119 e. The lowest BCUT2D eigenvalue weighted by Gasteiger charge is -1.98. The Kier molecular flexibility index (Phi) is 2.00. The van der Waals surface area contributed by atoms with Gasteiger partial charge in [-0.05, 0) is 43.0 Å². The third-order valence-corrected chi connectivity index (χ3v) is 3.57. The fraction of sp³-hybridized carbons (Fsp3) is 0.273. The van der Waals surface area contributed by atoms with Crippen LogP contribution < -0.4 is 4.74 Å². The molecule has 0 bridgehead atoms. The van der Waals surface area contributed by atoms with Crippen LogP contribution in [0.5, 0.6) is 5.75 Å². The first-order valence-electron chi connectivity index (χ1n) is 4.26. The summed E-state index contributed by atoms with van der Waals surface area (Å²) in [6.07, 6.45) is 0. The van der Waals surface area contributed by atoms with Gasteiger partial charge in [-0.3, -0.25) is 0 Å².